The van der Waals surface area contributed by atoms with Gasteiger partial charge in [0.15, 0.2) is 0 Å². The number of ether oxygens (including phenoxy) is 1. The summed E-state index contributed by atoms with van der Waals surface area (Å²) >= 11 is 3.17. The summed E-state index contributed by atoms with van der Waals surface area (Å²) in [5.74, 6) is -0.169. The van der Waals surface area contributed by atoms with E-state index in [2.05, 4.69) is 30.6 Å². The molecule has 0 saturated carbocycles. The topological polar surface area (TPSA) is 124 Å². The Hall–Kier alpha value is -3.05. The van der Waals surface area contributed by atoms with Crippen molar-refractivity contribution in [3.63, 3.8) is 0 Å². The van der Waals surface area contributed by atoms with Crippen LogP contribution in [0.4, 0.5) is 11.5 Å². The first kappa shape index (κ1) is 19.7. The zero-order valence-electron chi connectivity index (χ0n) is 14.1. The molecular formula is C17H13BrN4O5S. The number of nitrogens with zero attached hydrogens (tertiary/aromatic N) is 3. The Labute approximate surface area is 168 Å². The zero-order valence-corrected chi connectivity index (χ0v) is 16.6. The minimum Gasteiger partial charge on any atom is -0.470 e. The molecule has 0 aliphatic rings. The van der Waals surface area contributed by atoms with E-state index in [4.69, 9.17) is 4.74 Å². The lowest BCUT2D eigenvalue weighted by molar-refractivity contribution is -0.385. The molecule has 0 unspecified atom stereocenters. The van der Waals surface area contributed by atoms with Crippen molar-refractivity contribution in [3.8, 4) is 5.88 Å². The third kappa shape index (κ3) is 4.81. The smallest absolute Gasteiger partial charge is 0.270 e. The summed E-state index contributed by atoms with van der Waals surface area (Å²) in [6.45, 7) is 0.150. The fourth-order valence-electron chi connectivity index (χ4n) is 2.20. The van der Waals surface area contributed by atoms with E-state index in [1.807, 2.05) is 30.3 Å². The Morgan fingerprint density at radius 3 is 2.61 bits per heavy atom. The lowest BCUT2D eigenvalue weighted by Gasteiger charge is -2.12. The van der Waals surface area contributed by atoms with Crippen LogP contribution in [0.15, 0.2) is 70.3 Å². The fourth-order valence-corrected chi connectivity index (χ4v) is 3.51. The van der Waals surface area contributed by atoms with Gasteiger partial charge in [-0.25, -0.2) is 18.4 Å². The molecule has 1 N–H and O–H groups in total. The van der Waals surface area contributed by atoms with Crippen molar-refractivity contribution in [1.82, 2.24) is 9.97 Å². The quantitative estimate of drug-likeness (QED) is 0.418. The van der Waals surface area contributed by atoms with Crippen LogP contribution in [-0.4, -0.2) is 23.3 Å². The molecule has 2 aromatic carbocycles. The summed E-state index contributed by atoms with van der Waals surface area (Å²) in [5, 5.41) is 10.9. The van der Waals surface area contributed by atoms with Gasteiger partial charge in [0.1, 0.15) is 11.2 Å². The van der Waals surface area contributed by atoms with Gasteiger partial charge in [-0.3, -0.25) is 14.8 Å². The van der Waals surface area contributed by atoms with Crippen LogP contribution in [0, 0.1) is 10.1 Å². The Balaban J connectivity index is 1.87. The van der Waals surface area contributed by atoms with Crippen LogP contribution in [0.1, 0.15) is 5.56 Å². The van der Waals surface area contributed by atoms with Gasteiger partial charge in [-0.1, -0.05) is 36.4 Å². The van der Waals surface area contributed by atoms with E-state index < -0.39 is 14.9 Å². The van der Waals surface area contributed by atoms with Crippen molar-refractivity contribution >= 4 is 37.5 Å². The van der Waals surface area contributed by atoms with E-state index in [1.165, 1.54) is 24.4 Å². The SMILES string of the molecule is O=[N+]([O-])c1cccc(S(=O)(=O)Nc2ncc(Br)nc2OCc2ccccc2)c1. The number of nitro benzene ring substituents is 1. The molecule has 0 aliphatic carbocycles. The van der Waals surface area contributed by atoms with Gasteiger partial charge in [0.25, 0.3) is 21.6 Å². The van der Waals surface area contributed by atoms with Crippen molar-refractivity contribution in [1.29, 1.82) is 0 Å². The molecule has 0 spiro atoms. The molecule has 144 valence electrons. The van der Waals surface area contributed by atoms with Gasteiger partial charge in [-0.15, -0.1) is 0 Å². The molecular weight excluding hydrogens is 452 g/mol. The molecule has 0 fully saturated rings. The fraction of sp³-hybridized carbons (Fsp3) is 0.0588. The van der Waals surface area contributed by atoms with Gasteiger partial charge in [0.2, 0.25) is 5.82 Å². The molecule has 0 saturated heterocycles. The number of sulfonamides is 1. The predicted molar refractivity (Wildman–Crippen MR) is 104 cm³/mol. The highest BCUT2D eigenvalue weighted by atomic mass is 79.9. The number of anilines is 1. The Morgan fingerprint density at radius 1 is 1.14 bits per heavy atom. The molecule has 3 aromatic rings. The Kier molecular flexibility index (Phi) is 5.85. The molecule has 0 radical (unpaired) electrons. The second-order valence-electron chi connectivity index (χ2n) is 5.48. The molecule has 0 aliphatic heterocycles. The summed E-state index contributed by atoms with van der Waals surface area (Å²) in [6.07, 6.45) is 1.31. The van der Waals surface area contributed by atoms with E-state index in [-0.39, 0.29) is 28.9 Å². The van der Waals surface area contributed by atoms with E-state index in [0.29, 0.717) is 4.60 Å². The Bertz CT molecular complexity index is 1110. The maximum atomic E-state index is 12.6. The van der Waals surface area contributed by atoms with Crippen LogP contribution in [0.2, 0.25) is 0 Å². The average Bonchev–Trinajstić information content (AvgIpc) is 2.69. The first-order chi connectivity index (χ1) is 13.3. The van der Waals surface area contributed by atoms with Gasteiger partial charge in [-0.2, -0.15) is 0 Å². The molecule has 28 heavy (non-hydrogen) atoms. The van der Waals surface area contributed by atoms with Crippen molar-refractivity contribution in [3.05, 3.63) is 81.1 Å². The molecule has 1 aromatic heterocycles. The zero-order chi connectivity index (χ0) is 20.1. The number of halogens is 1. The lowest BCUT2D eigenvalue weighted by Crippen LogP contribution is -2.15. The highest BCUT2D eigenvalue weighted by molar-refractivity contribution is 9.10. The number of nitro groups is 1. The predicted octanol–water partition coefficient (Wildman–Crippen LogP) is 3.53. The monoisotopic (exact) mass is 464 g/mol. The molecule has 1 heterocycles. The van der Waals surface area contributed by atoms with Crippen molar-refractivity contribution in [2.45, 2.75) is 11.5 Å². The number of nitrogens with one attached hydrogen (secondary N) is 1. The van der Waals surface area contributed by atoms with E-state index in [1.54, 1.807) is 0 Å². The summed E-state index contributed by atoms with van der Waals surface area (Å²) < 4.78 is 33.5. The summed E-state index contributed by atoms with van der Waals surface area (Å²) in [4.78, 5) is 18.1. The van der Waals surface area contributed by atoms with Crippen molar-refractivity contribution < 1.29 is 18.1 Å². The third-order valence-corrected chi connectivity index (χ3v) is 5.22. The van der Waals surface area contributed by atoms with Crippen LogP contribution in [-0.2, 0) is 16.6 Å². The number of hydrogen-bond donors (Lipinski definition) is 1. The minimum absolute atomic E-state index is 0.0350. The van der Waals surface area contributed by atoms with Crippen molar-refractivity contribution in [2.24, 2.45) is 0 Å². The van der Waals surface area contributed by atoms with Crippen LogP contribution in [0.5, 0.6) is 5.88 Å². The molecule has 9 nitrogen and oxygen atoms in total. The van der Waals surface area contributed by atoms with Crippen LogP contribution < -0.4 is 9.46 Å². The largest absolute Gasteiger partial charge is 0.470 e. The van der Waals surface area contributed by atoms with Gasteiger partial charge >= 0.3 is 0 Å². The lowest BCUT2D eigenvalue weighted by atomic mass is 10.2. The van der Waals surface area contributed by atoms with E-state index in [9.17, 15) is 18.5 Å². The maximum Gasteiger partial charge on any atom is 0.270 e. The highest BCUT2D eigenvalue weighted by Crippen LogP contribution is 2.26. The molecule has 0 amide bonds. The first-order valence-electron chi connectivity index (χ1n) is 7.82. The van der Waals surface area contributed by atoms with E-state index >= 15 is 0 Å². The van der Waals surface area contributed by atoms with Gasteiger partial charge in [0.05, 0.1) is 16.0 Å². The minimum atomic E-state index is -4.14. The maximum absolute atomic E-state index is 12.6. The number of non-ortho nitro benzene ring substituents is 1. The van der Waals surface area contributed by atoms with Gasteiger partial charge in [0, 0.05) is 12.1 Å². The third-order valence-electron chi connectivity index (χ3n) is 3.50. The second-order valence-corrected chi connectivity index (χ2v) is 7.98. The average molecular weight is 465 g/mol. The first-order valence-corrected chi connectivity index (χ1v) is 10.1. The second kappa shape index (κ2) is 8.31. The summed E-state index contributed by atoms with van der Waals surface area (Å²) in [5.41, 5.74) is 0.516. The van der Waals surface area contributed by atoms with Gasteiger partial charge in [-0.05, 0) is 27.6 Å². The standard InChI is InChI=1S/C17H13BrN4O5S/c18-15-10-19-16(17(20-15)27-11-12-5-2-1-3-6-12)21-28(25,26)14-8-4-7-13(9-14)22(23)24/h1-10H,11H2,(H,19,21). The number of rotatable bonds is 7. The summed E-state index contributed by atoms with van der Waals surface area (Å²) in [7, 11) is -4.14. The Morgan fingerprint density at radius 2 is 1.89 bits per heavy atom. The number of aromatic nitrogens is 2. The number of benzene rings is 2. The molecule has 11 heteroatoms. The van der Waals surface area contributed by atoms with Crippen LogP contribution in [0.3, 0.4) is 0 Å². The number of hydrogen-bond acceptors (Lipinski definition) is 7. The van der Waals surface area contributed by atoms with Crippen LogP contribution in [0.25, 0.3) is 0 Å². The molecule has 0 bridgehead atoms. The van der Waals surface area contributed by atoms with Gasteiger partial charge < -0.3 is 4.74 Å². The van der Waals surface area contributed by atoms with Crippen LogP contribution >= 0.6 is 15.9 Å². The van der Waals surface area contributed by atoms with Crippen molar-refractivity contribution in [2.75, 3.05) is 4.72 Å². The highest BCUT2D eigenvalue weighted by Gasteiger charge is 2.21. The van der Waals surface area contributed by atoms with E-state index in [0.717, 1.165) is 11.6 Å². The summed E-state index contributed by atoms with van der Waals surface area (Å²) in [6, 6.07) is 13.9. The molecule has 3 rings (SSSR count). The normalized spacial score (nSPS) is 11.0. The molecule has 0 atom stereocenters.